The molecule has 6 nitrogen and oxygen atoms in total. The van der Waals surface area contributed by atoms with E-state index in [2.05, 4.69) is 0 Å². The smallest absolute Gasteiger partial charge is 0.177 e. The zero-order valence-electron chi connectivity index (χ0n) is 11.3. The minimum Gasteiger partial charge on any atom is -0.396 e. The van der Waals surface area contributed by atoms with Crippen LogP contribution in [0.25, 0.3) is 0 Å². The molecule has 108 valence electrons. The summed E-state index contributed by atoms with van der Waals surface area (Å²) in [4.78, 5) is 1.80. The lowest BCUT2D eigenvalue weighted by Gasteiger charge is -2.24. The van der Waals surface area contributed by atoms with Crippen LogP contribution in [-0.2, 0) is 14.6 Å². The second-order valence-electron chi connectivity index (χ2n) is 4.45. The Morgan fingerprint density at radius 3 is 2.63 bits per heavy atom. The molecule has 0 saturated heterocycles. The van der Waals surface area contributed by atoms with Gasteiger partial charge in [-0.3, -0.25) is 0 Å². The van der Waals surface area contributed by atoms with E-state index in [0.29, 0.717) is 12.2 Å². The molecule has 1 atom stereocenters. The average Bonchev–Trinajstić information content (AvgIpc) is 2.27. The fraction of sp³-hybridized carbons (Fsp3) is 0.500. The summed E-state index contributed by atoms with van der Waals surface area (Å²) in [5, 5.41) is 9.68. The van der Waals surface area contributed by atoms with Gasteiger partial charge in [-0.15, -0.1) is 0 Å². The van der Waals surface area contributed by atoms with Crippen molar-refractivity contribution in [2.75, 3.05) is 44.2 Å². The molecule has 1 aromatic carbocycles. The first-order valence-electron chi connectivity index (χ1n) is 5.74. The predicted octanol–water partition coefficient (Wildman–Crippen LogP) is 0.116. The van der Waals surface area contributed by atoms with E-state index >= 15 is 0 Å². The van der Waals surface area contributed by atoms with Crippen molar-refractivity contribution in [1.29, 1.82) is 0 Å². The van der Waals surface area contributed by atoms with Crippen molar-refractivity contribution in [1.82, 2.24) is 0 Å². The van der Waals surface area contributed by atoms with Crippen LogP contribution in [0.3, 0.4) is 0 Å². The van der Waals surface area contributed by atoms with Crippen LogP contribution in [0.15, 0.2) is 23.1 Å². The SMILES string of the molecule is COCC(O)CN(C)c1cccc(S(C)(=O)=O)c1N. The third-order valence-electron chi connectivity index (χ3n) is 2.70. The van der Waals surface area contributed by atoms with Crippen LogP contribution in [0.4, 0.5) is 11.4 Å². The normalized spacial score (nSPS) is 13.3. The van der Waals surface area contributed by atoms with Crippen LogP contribution in [0, 0.1) is 0 Å². The molecule has 0 spiro atoms. The molecular formula is C12H20N2O4S. The molecule has 1 aromatic rings. The number of anilines is 2. The van der Waals surface area contributed by atoms with Gasteiger partial charge in [0.1, 0.15) is 0 Å². The first-order valence-corrected chi connectivity index (χ1v) is 7.63. The number of nitrogens with two attached hydrogens (primary N) is 1. The van der Waals surface area contributed by atoms with E-state index in [1.54, 1.807) is 24.1 Å². The lowest BCUT2D eigenvalue weighted by Crippen LogP contribution is -2.32. The number of nitrogen functional groups attached to an aromatic ring is 1. The molecule has 0 amide bonds. The summed E-state index contributed by atoms with van der Waals surface area (Å²) < 4.78 is 28.0. The van der Waals surface area contributed by atoms with Crippen molar-refractivity contribution in [2.45, 2.75) is 11.0 Å². The molecular weight excluding hydrogens is 268 g/mol. The van der Waals surface area contributed by atoms with Crippen molar-refractivity contribution in [3.8, 4) is 0 Å². The van der Waals surface area contributed by atoms with Gasteiger partial charge in [-0.25, -0.2) is 8.42 Å². The molecule has 7 heteroatoms. The van der Waals surface area contributed by atoms with E-state index in [4.69, 9.17) is 10.5 Å². The fourth-order valence-electron chi connectivity index (χ4n) is 1.85. The molecule has 1 unspecified atom stereocenters. The summed E-state index contributed by atoms with van der Waals surface area (Å²) in [5.74, 6) is 0. The van der Waals surface area contributed by atoms with Crippen LogP contribution in [0.1, 0.15) is 0 Å². The third-order valence-corrected chi connectivity index (χ3v) is 3.85. The van der Waals surface area contributed by atoms with Gasteiger partial charge in [0, 0.05) is 27.0 Å². The number of aliphatic hydroxyl groups excluding tert-OH is 1. The molecule has 0 aliphatic carbocycles. The molecule has 1 rings (SSSR count). The second kappa shape index (κ2) is 6.23. The van der Waals surface area contributed by atoms with Gasteiger partial charge in [-0.1, -0.05) is 6.07 Å². The number of sulfone groups is 1. The summed E-state index contributed by atoms with van der Waals surface area (Å²) in [5.41, 5.74) is 6.65. The highest BCUT2D eigenvalue weighted by Gasteiger charge is 2.17. The van der Waals surface area contributed by atoms with E-state index < -0.39 is 15.9 Å². The molecule has 0 bridgehead atoms. The number of hydrogen-bond donors (Lipinski definition) is 2. The molecule has 0 heterocycles. The van der Waals surface area contributed by atoms with E-state index in [9.17, 15) is 13.5 Å². The van der Waals surface area contributed by atoms with Gasteiger partial charge in [-0.2, -0.15) is 0 Å². The van der Waals surface area contributed by atoms with Gasteiger partial charge in [0.05, 0.1) is 29.0 Å². The van der Waals surface area contributed by atoms with Crippen molar-refractivity contribution < 1.29 is 18.3 Å². The second-order valence-corrected chi connectivity index (χ2v) is 6.43. The zero-order chi connectivity index (χ0) is 14.6. The highest BCUT2D eigenvalue weighted by molar-refractivity contribution is 7.90. The molecule has 0 aliphatic heterocycles. The predicted molar refractivity (Wildman–Crippen MR) is 75.1 cm³/mol. The number of methoxy groups -OCH3 is 1. The topological polar surface area (TPSA) is 92.9 Å². The van der Waals surface area contributed by atoms with Gasteiger partial charge >= 0.3 is 0 Å². The van der Waals surface area contributed by atoms with Crippen LogP contribution in [-0.4, -0.2) is 53.2 Å². The number of para-hydroxylation sites is 1. The van der Waals surface area contributed by atoms with Gasteiger partial charge in [0.25, 0.3) is 0 Å². The first-order chi connectivity index (χ1) is 8.77. The van der Waals surface area contributed by atoms with Crippen LogP contribution < -0.4 is 10.6 Å². The van der Waals surface area contributed by atoms with Gasteiger partial charge < -0.3 is 20.5 Å². The number of aliphatic hydroxyl groups is 1. The van der Waals surface area contributed by atoms with E-state index in [-0.39, 0.29) is 17.2 Å². The van der Waals surface area contributed by atoms with Crippen molar-refractivity contribution in [2.24, 2.45) is 0 Å². The van der Waals surface area contributed by atoms with Crippen molar-refractivity contribution in [3.05, 3.63) is 18.2 Å². The van der Waals surface area contributed by atoms with Gasteiger partial charge in [0.15, 0.2) is 9.84 Å². The zero-order valence-corrected chi connectivity index (χ0v) is 12.1. The number of benzene rings is 1. The maximum atomic E-state index is 11.6. The van der Waals surface area contributed by atoms with E-state index in [1.165, 1.54) is 13.2 Å². The largest absolute Gasteiger partial charge is 0.396 e. The number of likely N-dealkylation sites (N-methyl/N-ethyl adjacent to an activating group) is 1. The van der Waals surface area contributed by atoms with Crippen LogP contribution >= 0.6 is 0 Å². The minimum absolute atomic E-state index is 0.0954. The van der Waals surface area contributed by atoms with Gasteiger partial charge in [-0.05, 0) is 12.1 Å². The Hall–Kier alpha value is -1.31. The molecule has 0 fully saturated rings. The van der Waals surface area contributed by atoms with Crippen molar-refractivity contribution >= 4 is 21.2 Å². The molecule has 0 aromatic heterocycles. The maximum absolute atomic E-state index is 11.6. The Morgan fingerprint density at radius 1 is 1.47 bits per heavy atom. The number of hydrogen-bond acceptors (Lipinski definition) is 6. The Morgan fingerprint density at radius 2 is 2.11 bits per heavy atom. The van der Waals surface area contributed by atoms with E-state index in [1.807, 2.05) is 0 Å². The Kier molecular flexibility index (Phi) is 5.16. The highest BCUT2D eigenvalue weighted by Crippen LogP contribution is 2.29. The monoisotopic (exact) mass is 288 g/mol. The van der Waals surface area contributed by atoms with Crippen molar-refractivity contribution in [3.63, 3.8) is 0 Å². The number of nitrogens with zero attached hydrogens (tertiary/aromatic N) is 1. The average molecular weight is 288 g/mol. The molecule has 0 aliphatic rings. The Bertz CT molecular complexity index is 531. The van der Waals surface area contributed by atoms with Gasteiger partial charge in [0.2, 0.25) is 0 Å². The Labute approximate surface area is 113 Å². The lowest BCUT2D eigenvalue weighted by atomic mass is 10.2. The highest BCUT2D eigenvalue weighted by atomic mass is 32.2. The van der Waals surface area contributed by atoms with Crippen LogP contribution in [0.2, 0.25) is 0 Å². The molecule has 0 saturated carbocycles. The van der Waals surface area contributed by atoms with Crippen LogP contribution in [0.5, 0.6) is 0 Å². The van der Waals surface area contributed by atoms with E-state index in [0.717, 1.165) is 6.26 Å². The lowest BCUT2D eigenvalue weighted by molar-refractivity contribution is 0.0695. The number of rotatable bonds is 6. The standard InChI is InChI=1S/C12H20N2O4S/c1-14(7-9(15)8-18-2)10-5-4-6-11(12(10)13)19(3,16)17/h4-6,9,15H,7-8,13H2,1-3H3. The molecule has 19 heavy (non-hydrogen) atoms. The minimum atomic E-state index is -3.37. The Balaban J connectivity index is 3.02. The maximum Gasteiger partial charge on any atom is 0.177 e. The molecule has 0 radical (unpaired) electrons. The third kappa shape index (κ3) is 4.09. The first kappa shape index (κ1) is 15.7. The summed E-state index contributed by atoms with van der Waals surface area (Å²) in [6.07, 6.45) is 0.443. The summed E-state index contributed by atoms with van der Waals surface area (Å²) in [7, 11) is -0.132. The summed E-state index contributed by atoms with van der Waals surface area (Å²) >= 11 is 0. The molecule has 3 N–H and O–H groups in total. The summed E-state index contributed by atoms with van der Waals surface area (Å²) in [6.45, 7) is 0.501. The number of ether oxygens (including phenoxy) is 1. The fourth-order valence-corrected chi connectivity index (χ4v) is 2.68. The summed E-state index contributed by atoms with van der Waals surface area (Å²) in [6, 6.07) is 4.80. The quantitative estimate of drug-likeness (QED) is 0.722.